The van der Waals surface area contributed by atoms with Gasteiger partial charge in [-0.3, -0.25) is 4.79 Å². The van der Waals surface area contributed by atoms with Gasteiger partial charge in [-0.1, -0.05) is 49.6 Å². The van der Waals surface area contributed by atoms with Crippen LogP contribution in [-0.4, -0.2) is 44.1 Å². The van der Waals surface area contributed by atoms with Gasteiger partial charge in [0.05, 0.1) is 0 Å². The summed E-state index contributed by atoms with van der Waals surface area (Å²) in [6.07, 6.45) is 5.89. The molecule has 1 aliphatic rings. The van der Waals surface area contributed by atoms with Crippen LogP contribution in [0.5, 0.6) is 0 Å². The van der Waals surface area contributed by atoms with Crippen molar-refractivity contribution in [2.75, 3.05) is 13.1 Å². The van der Waals surface area contributed by atoms with Gasteiger partial charge in [0.25, 0.3) is 0 Å². The van der Waals surface area contributed by atoms with Gasteiger partial charge in [-0.05, 0) is 18.1 Å². The van der Waals surface area contributed by atoms with Crippen LogP contribution in [0.4, 0.5) is 0 Å². The topological polar surface area (TPSA) is 63.9 Å². The van der Waals surface area contributed by atoms with Crippen molar-refractivity contribution < 1.29 is 4.79 Å². The van der Waals surface area contributed by atoms with Crippen molar-refractivity contribution in [2.45, 2.75) is 38.6 Å². The highest BCUT2D eigenvalue weighted by molar-refractivity contribution is 5.75. The summed E-state index contributed by atoms with van der Waals surface area (Å²) in [5.74, 6) is 0.639. The maximum Gasteiger partial charge on any atom is 0.246 e. The number of aromatic nitrogens is 4. The summed E-state index contributed by atoms with van der Waals surface area (Å²) in [6.45, 7) is 1.86. The minimum absolute atomic E-state index is 0.0823. The minimum Gasteiger partial charge on any atom is -0.341 e. The Morgan fingerprint density at radius 2 is 1.68 bits per heavy atom. The summed E-state index contributed by atoms with van der Waals surface area (Å²) in [5, 5.41) is 12.3. The number of carbonyl (C=O) groups is 1. The SMILES string of the molecule is O=C(Cn1nnc(-c2ccccc2)n1)N1CCCCCCC1. The number of hydrogen-bond donors (Lipinski definition) is 0. The van der Waals surface area contributed by atoms with Crippen LogP contribution in [0.1, 0.15) is 32.1 Å². The molecule has 22 heavy (non-hydrogen) atoms. The molecule has 1 saturated heterocycles. The Bertz CT molecular complexity index is 602. The van der Waals surface area contributed by atoms with Gasteiger partial charge < -0.3 is 4.90 Å². The van der Waals surface area contributed by atoms with E-state index < -0.39 is 0 Å². The summed E-state index contributed by atoms with van der Waals surface area (Å²) in [4.78, 5) is 15.7. The number of carbonyl (C=O) groups excluding carboxylic acids is 1. The second-order valence-corrected chi connectivity index (χ2v) is 5.66. The average molecular weight is 299 g/mol. The molecule has 0 saturated carbocycles. The van der Waals surface area contributed by atoms with E-state index in [-0.39, 0.29) is 12.5 Å². The number of amides is 1. The van der Waals surface area contributed by atoms with Crippen molar-refractivity contribution >= 4 is 5.91 Å². The summed E-state index contributed by atoms with van der Waals surface area (Å²) in [7, 11) is 0. The lowest BCUT2D eigenvalue weighted by Gasteiger charge is -2.24. The Labute approximate surface area is 130 Å². The number of hydrogen-bond acceptors (Lipinski definition) is 4. The Hall–Kier alpha value is -2.24. The van der Waals surface area contributed by atoms with E-state index >= 15 is 0 Å². The molecule has 0 N–H and O–H groups in total. The molecule has 1 fully saturated rings. The largest absolute Gasteiger partial charge is 0.341 e. The zero-order valence-corrected chi connectivity index (χ0v) is 12.7. The second-order valence-electron chi connectivity index (χ2n) is 5.66. The highest BCUT2D eigenvalue weighted by Gasteiger charge is 2.16. The van der Waals surface area contributed by atoms with E-state index in [0.29, 0.717) is 5.82 Å². The average Bonchev–Trinajstić information content (AvgIpc) is 2.96. The van der Waals surface area contributed by atoms with E-state index in [1.54, 1.807) is 0 Å². The molecule has 1 aromatic carbocycles. The molecule has 0 bridgehead atoms. The Morgan fingerprint density at radius 1 is 1.00 bits per heavy atom. The fourth-order valence-corrected chi connectivity index (χ4v) is 2.73. The summed E-state index contributed by atoms with van der Waals surface area (Å²) >= 11 is 0. The normalized spacial score (nSPS) is 16.1. The first kappa shape index (κ1) is 14.7. The maximum absolute atomic E-state index is 12.4. The van der Waals surface area contributed by atoms with E-state index in [4.69, 9.17) is 0 Å². The summed E-state index contributed by atoms with van der Waals surface area (Å²) < 4.78 is 0. The van der Waals surface area contributed by atoms with Crippen LogP contribution in [0.2, 0.25) is 0 Å². The third-order valence-corrected chi connectivity index (χ3v) is 3.97. The van der Waals surface area contributed by atoms with Gasteiger partial charge in [0, 0.05) is 18.7 Å². The molecule has 2 aromatic rings. The van der Waals surface area contributed by atoms with Gasteiger partial charge in [0.2, 0.25) is 11.7 Å². The van der Waals surface area contributed by atoms with Crippen LogP contribution in [0.3, 0.4) is 0 Å². The lowest BCUT2D eigenvalue weighted by Crippen LogP contribution is -2.36. The molecular weight excluding hydrogens is 278 g/mol. The van der Waals surface area contributed by atoms with Gasteiger partial charge in [-0.25, -0.2) is 0 Å². The first-order valence-corrected chi connectivity index (χ1v) is 7.94. The van der Waals surface area contributed by atoms with Gasteiger partial charge >= 0.3 is 0 Å². The molecule has 1 aliphatic heterocycles. The summed E-state index contributed by atoms with van der Waals surface area (Å²) in [6, 6.07) is 9.67. The highest BCUT2D eigenvalue weighted by Crippen LogP contribution is 2.13. The van der Waals surface area contributed by atoms with E-state index in [9.17, 15) is 4.79 Å². The Balaban J connectivity index is 1.63. The van der Waals surface area contributed by atoms with Gasteiger partial charge in [-0.2, -0.15) is 4.80 Å². The minimum atomic E-state index is 0.0823. The number of benzene rings is 1. The maximum atomic E-state index is 12.4. The van der Waals surface area contributed by atoms with E-state index in [1.165, 1.54) is 24.1 Å². The van der Waals surface area contributed by atoms with Gasteiger partial charge in [-0.15, -0.1) is 10.2 Å². The van der Waals surface area contributed by atoms with Crippen molar-refractivity contribution in [2.24, 2.45) is 0 Å². The van der Waals surface area contributed by atoms with Crippen LogP contribution in [0, 0.1) is 0 Å². The quantitative estimate of drug-likeness (QED) is 0.871. The molecule has 0 atom stereocenters. The predicted molar refractivity (Wildman–Crippen MR) is 82.9 cm³/mol. The van der Waals surface area contributed by atoms with Crippen molar-refractivity contribution in [1.82, 2.24) is 25.1 Å². The predicted octanol–water partition coefficient (Wildman–Crippen LogP) is 2.13. The summed E-state index contributed by atoms with van der Waals surface area (Å²) in [5.41, 5.74) is 0.910. The molecule has 116 valence electrons. The standard InChI is InChI=1S/C16H21N5O/c22-15(20-11-7-2-1-3-8-12-20)13-21-18-16(17-19-21)14-9-5-4-6-10-14/h4-6,9-10H,1-3,7-8,11-13H2. The smallest absolute Gasteiger partial charge is 0.246 e. The fourth-order valence-electron chi connectivity index (χ4n) is 2.73. The zero-order chi connectivity index (χ0) is 15.2. The molecule has 3 rings (SSSR count). The van der Waals surface area contributed by atoms with Crippen molar-refractivity contribution in [1.29, 1.82) is 0 Å². The van der Waals surface area contributed by atoms with Crippen molar-refractivity contribution in [3.8, 4) is 11.4 Å². The third-order valence-electron chi connectivity index (χ3n) is 3.97. The van der Waals surface area contributed by atoms with Crippen molar-refractivity contribution in [3.05, 3.63) is 30.3 Å². The van der Waals surface area contributed by atoms with E-state index in [2.05, 4.69) is 15.4 Å². The lowest BCUT2D eigenvalue weighted by molar-refractivity contribution is -0.132. The molecule has 0 unspecified atom stereocenters. The van der Waals surface area contributed by atoms with Gasteiger partial charge in [0.15, 0.2) is 0 Å². The second kappa shape index (κ2) is 7.15. The number of nitrogens with zero attached hydrogens (tertiary/aromatic N) is 5. The molecule has 0 aliphatic carbocycles. The molecule has 1 amide bonds. The molecule has 0 spiro atoms. The number of tetrazole rings is 1. The van der Waals surface area contributed by atoms with E-state index in [0.717, 1.165) is 31.5 Å². The van der Waals surface area contributed by atoms with Gasteiger partial charge in [0.1, 0.15) is 6.54 Å². The lowest BCUT2D eigenvalue weighted by atomic mass is 10.1. The number of likely N-dealkylation sites (tertiary alicyclic amines) is 1. The monoisotopic (exact) mass is 299 g/mol. The molecule has 2 heterocycles. The highest BCUT2D eigenvalue weighted by atomic mass is 16.2. The third kappa shape index (κ3) is 3.69. The number of rotatable bonds is 3. The van der Waals surface area contributed by atoms with Crippen LogP contribution < -0.4 is 0 Å². The Morgan fingerprint density at radius 3 is 2.41 bits per heavy atom. The first-order chi connectivity index (χ1) is 10.8. The van der Waals surface area contributed by atoms with Crippen molar-refractivity contribution in [3.63, 3.8) is 0 Å². The zero-order valence-electron chi connectivity index (χ0n) is 12.7. The molecule has 0 radical (unpaired) electrons. The molecule has 1 aromatic heterocycles. The Kier molecular flexibility index (Phi) is 4.78. The van der Waals surface area contributed by atoms with Crippen LogP contribution in [0.15, 0.2) is 30.3 Å². The first-order valence-electron chi connectivity index (χ1n) is 7.94. The molecular formula is C16H21N5O. The molecule has 6 heteroatoms. The fraction of sp³-hybridized carbons (Fsp3) is 0.500. The van der Waals surface area contributed by atoms with Crippen LogP contribution >= 0.6 is 0 Å². The van der Waals surface area contributed by atoms with Crippen LogP contribution in [0.25, 0.3) is 11.4 Å². The van der Waals surface area contributed by atoms with E-state index in [1.807, 2.05) is 35.2 Å². The van der Waals surface area contributed by atoms with Crippen LogP contribution in [-0.2, 0) is 11.3 Å². The molecule has 6 nitrogen and oxygen atoms in total.